The van der Waals surface area contributed by atoms with Gasteiger partial charge in [-0.05, 0) is 31.1 Å². The van der Waals surface area contributed by atoms with Gasteiger partial charge in [0.2, 0.25) is 0 Å². The van der Waals surface area contributed by atoms with Gasteiger partial charge in [-0.1, -0.05) is 29.8 Å². The zero-order chi connectivity index (χ0) is 11.3. The van der Waals surface area contributed by atoms with Crippen molar-refractivity contribution in [3.05, 3.63) is 40.9 Å². The highest BCUT2D eigenvalue weighted by Gasteiger charge is 2.03. The summed E-state index contributed by atoms with van der Waals surface area (Å²) in [6, 6.07) is 7.39. The summed E-state index contributed by atoms with van der Waals surface area (Å²) in [6.07, 6.45) is 1.45. The van der Waals surface area contributed by atoms with Crippen LogP contribution in [0.15, 0.2) is 30.3 Å². The minimum Gasteiger partial charge on any atom is -0.463 e. The first-order chi connectivity index (χ1) is 7.15. The Bertz CT molecular complexity index is 383. The molecule has 0 N–H and O–H groups in total. The van der Waals surface area contributed by atoms with Gasteiger partial charge in [-0.25, -0.2) is 4.79 Å². The molecule has 3 heteroatoms. The van der Waals surface area contributed by atoms with E-state index in [0.29, 0.717) is 11.6 Å². The van der Waals surface area contributed by atoms with E-state index in [0.717, 1.165) is 11.1 Å². The highest BCUT2D eigenvalue weighted by molar-refractivity contribution is 6.32. The number of carbonyl (C=O) groups excluding carboxylic acids is 1. The molecular weight excluding hydrogens is 212 g/mol. The van der Waals surface area contributed by atoms with E-state index in [1.54, 1.807) is 13.0 Å². The van der Waals surface area contributed by atoms with Gasteiger partial charge in [-0.15, -0.1) is 0 Å². The van der Waals surface area contributed by atoms with Crippen molar-refractivity contribution in [3.63, 3.8) is 0 Å². The van der Waals surface area contributed by atoms with Gasteiger partial charge < -0.3 is 4.74 Å². The standard InChI is InChI=1S/C12H13ClO2/c1-3-15-12(14)8-9(2)10-6-4-5-7-11(10)13/h4-8H,3H2,1-2H3/b9-8-. The molecule has 1 aromatic carbocycles. The molecule has 0 saturated heterocycles. The molecule has 0 spiro atoms. The van der Waals surface area contributed by atoms with E-state index >= 15 is 0 Å². The minimum absolute atomic E-state index is 0.338. The molecule has 0 aliphatic heterocycles. The van der Waals surface area contributed by atoms with E-state index in [1.165, 1.54) is 6.08 Å². The molecule has 0 unspecified atom stereocenters. The summed E-state index contributed by atoms with van der Waals surface area (Å²) in [7, 11) is 0. The minimum atomic E-state index is -0.338. The summed E-state index contributed by atoms with van der Waals surface area (Å²) in [5, 5.41) is 0.635. The van der Waals surface area contributed by atoms with Gasteiger partial charge in [0.25, 0.3) is 0 Å². The van der Waals surface area contributed by atoms with E-state index in [-0.39, 0.29) is 5.97 Å². The average molecular weight is 225 g/mol. The van der Waals surface area contributed by atoms with Crippen LogP contribution in [0.25, 0.3) is 5.57 Å². The van der Waals surface area contributed by atoms with Crippen molar-refractivity contribution >= 4 is 23.1 Å². The maximum Gasteiger partial charge on any atom is 0.331 e. The van der Waals surface area contributed by atoms with Crippen molar-refractivity contribution in [1.82, 2.24) is 0 Å². The quantitative estimate of drug-likeness (QED) is 0.582. The first-order valence-electron chi connectivity index (χ1n) is 4.75. The van der Waals surface area contributed by atoms with Gasteiger partial charge in [0.05, 0.1) is 6.61 Å². The SMILES string of the molecule is CCOC(=O)/C=C(/C)c1ccccc1Cl. The van der Waals surface area contributed by atoms with E-state index in [1.807, 2.05) is 25.1 Å². The fourth-order valence-electron chi connectivity index (χ4n) is 1.22. The van der Waals surface area contributed by atoms with Crippen LogP contribution in [0.3, 0.4) is 0 Å². The third-order valence-corrected chi connectivity index (χ3v) is 2.25. The van der Waals surface area contributed by atoms with Crippen LogP contribution < -0.4 is 0 Å². The first-order valence-corrected chi connectivity index (χ1v) is 5.13. The maximum atomic E-state index is 11.2. The Kier molecular flexibility index (Phi) is 4.37. The predicted molar refractivity (Wildman–Crippen MR) is 61.7 cm³/mol. The predicted octanol–water partition coefficient (Wildman–Crippen LogP) is 3.31. The van der Waals surface area contributed by atoms with Crippen molar-refractivity contribution in [1.29, 1.82) is 0 Å². The zero-order valence-corrected chi connectivity index (χ0v) is 9.54. The van der Waals surface area contributed by atoms with Crippen molar-refractivity contribution in [3.8, 4) is 0 Å². The van der Waals surface area contributed by atoms with Gasteiger partial charge >= 0.3 is 5.97 Å². The summed E-state index contributed by atoms with van der Waals surface area (Å²) >= 11 is 5.99. The van der Waals surface area contributed by atoms with Crippen LogP contribution in [0.2, 0.25) is 5.02 Å². The smallest absolute Gasteiger partial charge is 0.331 e. The lowest BCUT2D eigenvalue weighted by Crippen LogP contribution is -2.00. The van der Waals surface area contributed by atoms with Gasteiger partial charge in [-0.3, -0.25) is 0 Å². The second-order valence-corrected chi connectivity index (χ2v) is 3.47. The van der Waals surface area contributed by atoms with E-state index in [4.69, 9.17) is 16.3 Å². The van der Waals surface area contributed by atoms with Crippen LogP contribution >= 0.6 is 11.6 Å². The third-order valence-electron chi connectivity index (χ3n) is 1.92. The second-order valence-electron chi connectivity index (χ2n) is 3.06. The molecule has 0 fully saturated rings. The zero-order valence-electron chi connectivity index (χ0n) is 8.79. The molecule has 2 nitrogen and oxygen atoms in total. The Labute approximate surface area is 94.5 Å². The van der Waals surface area contributed by atoms with Crippen molar-refractivity contribution in [2.24, 2.45) is 0 Å². The lowest BCUT2D eigenvalue weighted by Gasteiger charge is -2.03. The summed E-state index contributed by atoms with van der Waals surface area (Å²) < 4.78 is 4.82. The summed E-state index contributed by atoms with van der Waals surface area (Å²) in [6.45, 7) is 3.99. The lowest BCUT2D eigenvalue weighted by atomic mass is 10.1. The van der Waals surface area contributed by atoms with Crippen LogP contribution in [-0.2, 0) is 9.53 Å². The second kappa shape index (κ2) is 5.56. The van der Waals surface area contributed by atoms with Gasteiger partial charge in [0.1, 0.15) is 0 Å². The normalized spacial score (nSPS) is 11.3. The fraction of sp³-hybridized carbons (Fsp3) is 0.250. The largest absolute Gasteiger partial charge is 0.463 e. The molecule has 0 aliphatic carbocycles. The Morgan fingerprint density at radius 2 is 2.13 bits per heavy atom. The molecule has 80 valence electrons. The van der Waals surface area contributed by atoms with E-state index in [2.05, 4.69) is 0 Å². The Hall–Kier alpha value is -1.28. The molecule has 15 heavy (non-hydrogen) atoms. The van der Waals surface area contributed by atoms with Crippen LogP contribution in [0.5, 0.6) is 0 Å². The summed E-state index contributed by atoms with van der Waals surface area (Å²) in [5.74, 6) is -0.338. The summed E-state index contributed by atoms with van der Waals surface area (Å²) in [4.78, 5) is 11.2. The van der Waals surface area contributed by atoms with Crippen LogP contribution in [-0.4, -0.2) is 12.6 Å². The molecule has 0 saturated carbocycles. The number of benzene rings is 1. The lowest BCUT2D eigenvalue weighted by molar-refractivity contribution is -0.137. The van der Waals surface area contributed by atoms with Gasteiger partial charge in [-0.2, -0.15) is 0 Å². The van der Waals surface area contributed by atoms with E-state index < -0.39 is 0 Å². The molecule has 1 aromatic rings. The molecule has 0 bridgehead atoms. The molecule has 0 amide bonds. The van der Waals surface area contributed by atoms with Gasteiger partial charge in [0, 0.05) is 11.1 Å². The van der Waals surface area contributed by atoms with Crippen LogP contribution in [0.4, 0.5) is 0 Å². The Balaban J connectivity index is 2.89. The number of hydrogen-bond acceptors (Lipinski definition) is 2. The number of hydrogen-bond donors (Lipinski definition) is 0. The number of rotatable bonds is 3. The highest BCUT2D eigenvalue weighted by atomic mass is 35.5. The maximum absolute atomic E-state index is 11.2. The van der Waals surface area contributed by atoms with Crippen LogP contribution in [0, 0.1) is 0 Å². The third kappa shape index (κ3) is 3.40. The Morgan fingerprint density at radius 1 is 1.47 bits per heavy atom. The number of halogens is 1. The molecule has 0 radical (unpaired) electrons. The molecule has 0 aromatic heterocycles. The molecule has 1 rings (SSSR count). The number of esters is 1. The summed E-state index contributed by atoms with van der Waals surface area (Å²) in [5.41, 5.74) is 1.66. The Morgan fingerprint density at radius 3 is 2.73 bits per heavy atom. The molecule has 0 heterocycles. The monoisotopic (exact) mass is 224 g/mol. The molecular formula is C12H13ClO2. The van der Waals surface area contributed by atoms with Crippen LogP contribution in [0.1, 0.15) is 19.4 Å². The highest BCUT2D eigenvalue weighted by Crippen LogP contribution is 2.22. The number of ether oxygens (including phenoxy) is 1. The number of carbonyl (C=O) groups is 1. The number of allylic oxidation sites excluding steroid dienone is 1. The molecule has 0 atom stereocenters. The van der Waals surface area contributed by atoms with Gasteiger partial charge in [0.15, 0.2) is 0 Å². The molecule has 0 aliphatic rings. The fourth-order valence-corrected chi connectivity index (χ4v) is 1.50. The van der Waals surface area contributed by atoms with E-state index in [9.17, 15) is 4.79 Å². The first kappa shape index (κ1) is 11.8. The van der Waals surface area contributed by atoms with Crippen molar-refractivity contribution < 1.29 is 9.53 Å². The average Bonchev–Trinajstić information content (AvgIpc) is 2.18. The van der Waals surface area contributed by atoms with Crippen molar-refractivity contribution in [2.75, 3.05) is 6.61 Å². The topological polar surface area (TPSA) is 26.3 Å². The van der Waals surface area contributed by atoms with Crippen molar-refractivity contribution in [2.45, 2.75) is 13.8 Å².